The Morgan fingerprint density at radius 1 is 1.00 bits per heavy atom. The van der Waals surface area contributed by atoms with E-state index >= 15 is 0 Å². The van der Waals surface area contributed by atoms with Crippen molar-refractivity contribution in [2.45, 2.75) is 12.5 Å². The molecular formula is C27H18N2O4. The second kappa shape index (κ2) is 7.81. The topological polar surface area (TPSA) is 90.5 Å². The smallest absolute Gasteiger partial charge is 0.327 e. The summed E-state index contributed by atoms with van der Waals surface area (Å²) in [5.74, 6) is -0.178. The highest BCUT2D eigenvalue weighted by molar-refractivity contribution is 6.23. The van der Waals surface area contributed by atoms with Gasteiger partial charge in [-0.25, -0.2) is 4.79 Å². The molecule has 33 heavy (non-hydrogen) atoms. The first-order chi connectivity index (χ1) is 16.0. The molecule has 2 aliphatic carbocycles. The monoisotopic (exact) mass is 434 g/mol. The zero-order valence-corrected chi connectivity index (χ0v) is 17.4. The van der Waals surface area contributed by atoms with Crippen molar-refractivity contribution >= 4 is 28.7 Å². The quantitative estimate of drug-likeness (QED) is 0.329. The molecule has 0 radical (unpaired) electrons. The Kier molecular flexibility index (Phi) is 4.80. The highest BCUT2D eigenvalue weighted by Gasteiger charge is 2.44. The highest BCUT2D eigenvalue weighted by Crippen LogP contribution is 2.33. The molecule has 160 valence electrons. The van der Waals surface area contributed by atoms with Crippen LogP contribution in [0.2, 0.25) is 0 Å². The van der Waals surface area contributed by atoms with Gasteiger partial charge in [0.05, 0.1) is 11.1 Å². The summed E-state index contributed by atoms with van der Waals surface area (Å²) in [7, 11) is 0. The van der Waals surface area contributed by atoms with E-state index in [0.717, 1.165) is 15.8 Å². The maximum Gasteiger partial charge on any atom is 0.327 e. The molecule has 3 aliphatic rings. The molecule has 0 spiro atoms. The van der Waals surface area contributed by atoms with Gasteiger partial charge in [-0.1, -0.05) is 48.4 Å². The summed E-state index contributed by atoms with van der Waals surface area (Å²) in [6.07, 6.45) is 7.13. The number of hydrogen-bond acceptors (Lipinski definition) is 3. The van der Waals surface area contributed by atoms with Crippen molar-refractivity contribution in [2.24, 2.45) is 0 Å². The molecule has 2 N–H and O–H groups in total. The van der Waals surface area contributed by atoms with Crippen LogP contribution in [0.1, 0.15) is 31.8 Å². The molecule has 6 heteroatoms. The summed E-state index contributed by atoms with van der Waals surface area (Å²) in [6, 6.07) is 19.2. The summed E-state index contributed by atoms with van der Waals surface area (Å²) in [5, 5.41) is 10.6. The average molecular weight is 434 g/mol. The van der Waals surface area contributed by atoms with Crippen LogP contribution in [0.15, 0.2) is 72.9 Å². The summed E-state index contributed by atoms with van der Waals surface area (Å²) in [5.41, 5.74) is 4.94. The summed E-state index contributed by atoms with van der Waals surface area (Å²) < 4.78 is 0. The molecule has 6 rings (SSSR count). The van der Waals surface area contributed by atoms with Gasteiger partial charge in [-0.05, 0) is 41.0 Å². The number of rotatable bonds is 4. The van der Waals surface area contributed by atoms with Crippen molar-refractivity contribution in [3.63, 3.8) is 0 Å². The number of amides is 2. The average Bonchev–Trinajstić information content (AvgIpc) is 3.13. The van der Waals surface area contributed by atoms with Crippen LogP contribution < -0.4 is 0 Å². The van der Waals surface area contributed by atoms with Crippen molar-refractivity contribution in [2.75, 3.05) is 0 Å². The maximum absolute atomic E-state index is 12.9. The Morgan fingerprint density at radius 2 is 1.73 bits per heavy atom. The van der Waals surface area contributed by atoms with E-state index < -0.39 is 23.8 Å². The number of hydrogen-bond donors (Lipinski definition) is 2. The number of aromatic nitrogens is 1. The van der Waals surface area contributed by atoms with E-state index in [-0.39, 0.29) is 23.1 Å². The second-order valence-corrected chi connectivity index (χ2v) is 7.85. The van der Waals surface area contributed by atoms with E-state index in [2.05, 4.69) is 35.2 Å². The van der Waals surface area contributed by atoms with Gasteiger partial charge in [0, 0.05) is 29.1 Å². The molecule has 1 aliphatic heterocycles. The molecule has 2 aromatic carbocycles. The Balaban J connectivity index is 0.000000324. The second-order valence-electron chi connectivity index (χ2n) is 7.85. The maximum atomic E-state index is 12.9. The van der Waals surface area contributed by atoms with Crippen molar-refractivity contribution in [1.82, 2.24) is 9.88 Å². The number of aromatic amines is 1. The number of carbonyl (C=O) groups is 3. The van der Waals surface area contributed by atoms with Gasteiger partial charge in [0.1, 0.15) is 6.04 Å². The Bertz CT molecular complexity index is 1470. The predicted molar refractivity (Wildman–Crippen MR) is 124 cm³/mol. The van der Waals surface area contributed by atoms with Gasteiger partial charge >= 0.3 is 5.97 Å². The van der Waals surface area contributed by atoms with Crippen LogP contribution in [0, 0.1) is 12.3 Å². The molecular weight excluding hydrogens is 416 g/mol. The lowest BCUT2D eigenvalue weighted by molar-refractivity contribution is -0.141. The van der Waals surface area contributed by atoms with E-state index in [1.807, 2.05) is 24.3 Å². The lowest BCUT2D eigenvalue weighted by Gasteiger charge is -2.22. The fraction of sp³-hybridized carbons (Fsp3) is 0.0741. The van der Waals surface area contributed by atoms with Gasteiger partial charge in [0.15, 0.2) is 0 Å². The zero-order chi connectivity index (χ0) is 23.1. The first-order valence-electron chi connectivity index (χ1n) is 10.4. The third-order valence-corrected chi connectivity index (χ3v) is 5.90. The van der Waals surface area contributed by atoms with Gasteiger partial charge in [-0.15, -0.1) is 6.42 Å². The minimum atomic E-state index is -1.33. The number of fused-ring (bicyclic) bond motifs is 3. The van der Waals surface area contributed by atoms with Gasteiger partial charge in [0.25, 0.3) is 11.8 Å². The number of carboxylic acids is 1. The van der Waals surface area contributed by atoms with E-state index in [1.54, 1.807) is 18.3 Å². The standard InChI is InChI=1S/C21H14N2O4.C6H4/c1-2-12-6-5-8-15-18(12)20(25)23(19(15)24)17(21(26)27)10-13-11-22-16-9-4-3-7-14(13)16;1-2-5-4-6(5)3-1/h1,3-9,11,17,22H,10H2,(H,26,27);1-4H. The Labute approximate surface area is 189 Å². The number of para-hydroxylation sites is 1. The molecule has 0 saturated carbocycles. The number of terminal acetylenes is 1. The molecule has 0 bridgehead atoms. The SMILES string of the molecule is C#Cc1cccc2c1C(=O)N(C(Cc1c[nH]c3ccccc13)C(=O)O)C2=O.c1cc2cc-2c1. The number of carboxylic acid groups (broad SMARTS) is 1. The van der Waals surface area contributed by atoms with Gasteiger partial charge in [0.2, 0.25) is 0 Å². The number of nitrogens with zero attached hydrogens (tertiary/aromatic N) is 1. The number of H-pyrrole nitrogens is 1. The fourth-order valence-electron chi connectivity index (χ4n) is 4.18. The molecule has 1 unspecified atom stereocenters. The van der Waals surface area contributed by atoms with Crippen LogP contribution in [-0.2, 0) is 11.2 Å². The Morgan fingerprint density at radius 3 is 2.36 bits per heavy atom. The van der Waals surface area contributed by atoms with E-state index in [1.165, 1.54) is 17.2 Å². The van der Waals surface area contributed by atoms with Crippen LogP contribution >= 0.6 is 0 Å². The summed E-state index contributed by atoms with van der Waals surface area (Å²) in [6.45, 7) is 0. The van der Waals surface area contributed by atoms with Crippen molar-refractivity contribution in [3.8, 4) is 23.5 Å². The number of carbonyl (C=O) groups excluding carboxylic acids is 2. The van der Waals surface area contributed by atoms with E-state index in [9.17, 15) is 19.5 Å². The van der Waals surface area contributed by atoms with E-state index in [0.29, 0.717) is 5.56 Å². The third kappa shape index (κ3) is 3.46. The summed E-state index contributed by atoms with van der Waals surface area (Å²) in [4.78, 5) is 41.5. The molecule has 0 fully saturated rings. The molecule has 2 heterocycles. The fourth-order valence-corrected chi connectivity index (χ4v) is 4.18. The molecule has 1 aromatic heterocycles. The molecule has 0 saturated heterocycles. The normalized spacial score (nSPS) is 13.7. The first kappa shape index (κ1) is 20.3. The Hall–Kier alpha value is -4.63. The van der Waals surface area contributed by atoms with Gasteiger partial charge in [-0.3, -0.25) is 14.5 Å². The van der Waals surface area contributed by atoms with Crippen LogP contribution in [-0.4, -0.2) is 38.8 Å². The van der Waals surface area contributed by atoms with Crippen LogP contribution in [0.5, 0.6) is 0 Å². The zero-order valence-electron chi connectivity index (χ0n) is 17.4. The largest absolute Gasteiger partial charge is 0.480 e. The molecule has 2 amide bonds. The third-order valence-electron chi connectivity index (χ3n) is 5.90. The minimum absolute atomic E-state index is 0.00377. The minimum Gasteiger partial charge on any atom is -0.480 e. The highest BCUT2D eigenvalue weighted by atomic mass is 16.4. The number of nitrogens with one attached hydrogen (secondary N) is 1. The van der Waals surface area contributed by atoms with Crippen LogP contribution in [0.25, 0.3) is 22.0 Å². The lowest BCUT2D eigenvalue weighted by atomic mass is 10.0. The van der Waals surface area contributed by atoms with Crippen LogP contribution in [0.4, 0.5) is 0 Å². The van der Waals surface area contributed by atoms with Crippen molar-refractivity contribution in [1.29, 1.82) is 0 Å². The number of imide groups is 1. The molecule has 1 atom stereocenters. The van der Waals surface area contributed by atoms with Crippen LogP contribution in [0.3, 0.4) is 0 Å². The van der Waals surface area contributed by atoms with Crippen molar-refractivity contribution < 1.29 is 19.5 Å². The lowest BCUT2D eigenvalue weighted by Crippen LogP contribution is -2.46. The number of benzene rings is 3. The predicted octanol–water partition coefficient (Wildman–Crippen LogP) is 4.11. The van der Waals surface area contributed by atoms with Gasteiger partial charge < -0.3 is 10.1 Å². The number of aliphatic carboxylic acids is 1. The van der Waals surface area contributed by atoms with Gasteiger partial charge in [-0.2, -0.15) is 0 Å². The molecule has 6 nitrogen and oxygen atoms in total. The van der Waals surface area contributed by atoms with Crippen molar-refractivity contribution in [3.05, 3.63) is 95.2 Å². The first-order valence-corrected chi connectivity index (χ1v) is 10.4. The van der Waals surface area contributed by atoms with E-state index in [4.69, 9.17) is 6.42 Å². The summed E-state index contributed by atoms with van der Waals surface area (Å²) >= 11 is 0. The molecule has 3 aromatic rings.